The molecule has 2 heterocycles. The first-order valence-electron chi connectivity index (χ1n) is 7.17. The number of aryl methyl sites for hydroxylation is 2. The van der Waals surface area contributed by atoms with Crippen LogP contribution in [-0.2, 0) is 9.53 Å². The molecule has 0 bridgehead atoms. The molecule has 1 atom stereocenters. The van der Waals surface area contributed by atoms with Crippen molar-refractivity contribution in [2.24, 2.45) is 0 Å². The Morgan fingerprint density at radius 3 is 2.52 bits per heavy atom. The Bertz CT molecular complexity index is 560. The molecule has 1 fully saturated rings. The summed E-state index contributed by atoms with van der Waals surface area (Å²) in [6.45, 7) is 9.81. The predicted molar refractivity (Wildman–Crippen MR) is 81.5 cm³/mol. The van der Waals surface area contributed by atoms with E-state index < -0.39 is 11.6 Å². The van der Waals surface area contributed by atoms with E-state index >= 15 is 0 Å². The number of carbonyl (C=O) groups excluding carboxylic acids is 2. The van der Waals surface area contributed by atoms with Crippen LogP contribution in [0, 0.1) is 13.8 Å². The molecule has 5 nitrogen and oxygen atoms in total. The molecule has 0 spiro atoms. The zero-order valence-electron chi connectivity index (χ0n) is 13.2. The quantitative estimate of drug-likeness (QED) is 0.788. The number of hydrogen-bond acceptors (Lipinski definition) is 5. The molecule has 1 aromatic heterocycles. The Labute approximate surface area is 129 Å². The molecule has 1 amide bonds. The monoisotopic (exact) mass is 310 g/mol. The van der Waals surface area contributed by atoms with Crippen molar-refractivity contribution in [3.63, 3.8) is 0 Å². The largest absolute Gasteiger partial charge is 0.458 e. The number of likely N-dealkylation sites (tertiary alicyclic amines) is 1. The van der Waals surface area contributed by atoms with Gasteiger partial charge in [0.1, 0.15) is 16.5 Å². The molecule has 1 saturated heterocycles. The average Bonchev–Trinajstić information content (AvgIpc) is 2.92. The second-order valence-electron chi connectivity index (χ2n) is 6.34. The topological polar surface area (TPSA) is 59.5 Å². The third-order valence-electron chi connectivity index (χ3n) is 3.29. The molecule has 0 saturated carbocycles. The summed E-state index contributed by atoms with van der Waals surface area (Å²) >= 11 is 1.38. The average molecular weight is 310 g/mol. The van der Waals surface area contributed by atoms with Crippen LogP contribution in [-0.4, -0.2) is 39.9 Å². The number of amides is 1. The van der Waals surface area contributed by atoms with Gasteiger partial charge in [-0.1, -0.05) is 0 Å². The van der Waals surface area contributed by atoms with Crippen molar-refractivity contribution in [2.45, 2.75) is 59.1 Å². The van der Waals surface area contributed by atoms with Gasteiger partial charge in [-0.2, -0.15) is 0 Å². The number of ether oxygens (including phenoxy) is 1. The molecule has 0 radical (unpaired) electrons. The fourth-order valence-corrected chi connectivity index (χ4v) is 3.36. The number of esters is 1. The molecule has 1 aromatic rings. The molecule has 0 aliphatic carbocycles. The highest BCUT2D eigenvalue weighted by Crippen LogP contribution is 2.26. The van der Waals surface area contributed by atoms with Crippen molar-refractivity contribution in [3.05, 3.63) is 15.6 Å². The standard InChI is InChI=1S/C15H22N2O3S/c1-9-12(21-10(2)16-9)13(18)17-8-6-7-11(17)14(19)20-15(3,4)5/h11H,6-8H2,1-5H3/t11-/m0/s1. The van der Waals surface area contributed by atoms with Gasteiger partial charge in [-0.3, -0.25) is 4.79 Å². The Morgan fingerprint density at radius 1 is 1.33 bits per heavy atom. The molecule has 0 N–H and O–H groups in total. The Hall–Kier alpha value is -1.43. The molecule has 1 aliphatic rings. The first kappa shape index (κ1) is 15.9. The van der Waals surface area contributed by atoms with E-state index in [0.29, 0.717) is 17.8 Å². The second kappa shape index (κ2) is 5.75. The Kier molecular flexibility index (Phi) is 4.37. The van der Waals surface area contributed by atoms with E-state index in [0.717, 1.165) is 17.1 Å². The van der Waals surface area contributed by atoms with Crippen molar-refractivity contribution < 1.29 is 14.3 Å². The van der Waals surface area contributed by atoms with Crippen molar-refractivity contribution >= 4 is 23.2 Å². The van der Waals surface area contributed by atoms with Gasteiger partial charge in [0.2, 0.25) is 0 Å². The molecular formula is C15H22N2O3S. The molecule has 116 valence electrons. The van der Waals surface area contributed by atoms with Crippen LogP contribution in [0.25, 0.3) is 0 Å². The highest BCUT2D eigenvalue weighted by molar-refractivity contribution is 7.13. The maximum absolute atomic E-state index is 12.7. The summed E-state index contributed by atoms with van der Waals surface area (Å²) in [4.78, 5) is 31.5. The first-order chi connectivity index (χ1) is 9.69. The van der Waals surface area contributed by atoms with Gasteiger partial charge in [0, 0.05) is 6.54 Å². The predicted octanol–water partition coefficient (Wildman–Crippen LogP) is 2.71. The molecule has 6 heteroatoms. The highest BCUT2D eigenvalue weighted by atomic mass is 32.1. The Balaban J connectivity index is 2.17. The minimum atomic E-state index is -0.536. The van der Waals surface area contributed by atoms with Gasteiger partial charge in [-0.25, -0.2) is 9.78 Å². The minimum Gasteiger partial charge on any atom is -0.458 e. The second-order valence-corrected chi connectivity index (χ2v) is 7.54. The lowest BCUT2D eigenvalue weighted by atomic mass is 10.1. The van der Waals surface area contributed by atoms with Crippen LogP contribution in [0.5, 0.6) is 0 Å². The Morgan fingerprint density at radius 2 is 2.00 bits per heavy atom. The lowest BCUT2D eigenvalue weighted by Crippen LogP contribution is -2.43. The lowest BCUT2D eigenvalue weighted by Gasteiger charge is -2.27. The van der Waals surface area contributed by atoms with Crippen molar-refractivity contribution in [2.75, 3.05) is 6.54 Å². The number of thiazole rings is 1. The van der Waals surface area contributed by atoms with E-state index in [1.165, 1.54) is 11.3 Å². The van der Waals surface area contributed by atoms with Gasteiger partial charge in [-0.15, -0.1) is 11.3 Å². The number of rotatable bonds is 2. The molecule has 2 rings (SSSR count). The number of nitrogens with zero attached hydrogens (tertiary/aromatic N) is 2. The van der Waals surface area contributed by atoms with Crippen molar-refractivity contribution in [1.82, 2.24) is 9.88 Å². The smallest absolute Gasteiger partial charge is 0.329 e. The van der Waals surface area contributed by atoms with Crippen molar-refractivity contribution in [1.29, 1.82) is 0 Å². The van der Waals surface area contributed by atoms with Gasteiger partial charge in [0.05, 0.1) is 10.7 Å². The fourth-order valence-electron chi connectivity index (χ4n) is 2.48. The molecule has 0 aromatic carbocycles. The van der Waals surface area contributed by atoms with Crippen LogP contribution < -0.4 is 0 Å². The highest BCUT2D eigenvalue weighted by Gasteiger charge is 2.38. The summed E-state index contributed by atoms with van der Waals surface area (Å²) in [5.41, 5.74) is 0.197. The maximum Gasteiger partial charge on any atom is 0.329 e. The van der Waals surface area contributed by atoms with Crippen LogP contribution in [0.3, 0.4) is 0 Å². The SMILES string of the molecule is Cc1nc(C)c(C(=O)N2CCC[C@H]2C(=O)OC(C)(C)C)s1. The van der Waals surface area contributed by atoms with E-state index in [4.69, 9.17) is 4.74 Å². The van der Waals surface area contributed by atoms with Crippen LogP contribution in [0.15, 0.2) is 0 Å². The molecular weight excluding hydrogens is 288 g/mol. The summed E-state index contributed by atoms with van der Waals surface area (Å²) < 4.78 is 5.43. The molecule has 21 heavy (non-hydrogen) atoms. The van der Waals surface area contributed by atoms with E-state index in [2.05, 4.69) is 4.98 Å². The van der Waals surface area contributed by atoms with Gasteiger partial charge < -0.3 is 9.64 Å². The van der Waals surface area contributed by atoms with Crippen LogP contribution in [0.4, 0.5) is 0 Å². The summed E-state index contributed by atoms with van der Waals surface area (Å²) in [5.74, 6) is -0.418. The van der Waals surface area contributed by atoms with Crippen LogP contribution in [0.1, 0.15) is 54.0 Å². The van der Waals surface area contributed by atoms with Gasteiger partial charge in [0.25, 0.3) is 5.91 Å². The van der Waals surface area contributed by atoms with Gasteiger partial charge in [-0.05, 0) is 47.5 Å². The zero-order valence-corrected chi connectivity index (χ0v) is 14.0. The zero-order chi connectivity index (χ0) is 15.8. The van der Waals surface area contributed by atoms with Gasteiger partial charge in [0.15, 0.2) is 0 Å². The normalized spacial score (nSPS) is 18.9. The number of aromatic nitrogens is 1. The van der Waals surface area contributed by atoms with E-state index in [1.54, 1.807) is 4.90 Å². The number of carbonyl (C=O) groups is 2. The summed E-state index contributed by atoms with van der Waals surface area (Å²) in [5, 5.41) is 0.865. The first-order valence-corrected chi connectivity index (χ1v) is 7.98. The van der Waals surface area contributed by atoms with Crippen molar-refractivity contribution in [3.8, 4) is 0 Å². The lowest BCUT2D eigenvalue weighted by molar-refractivity contribution is -0.159. The summed E-state index contributed by atoms with van der Waals surface area (Å²) in [7, 11) is 0. The fraction of sp³-hybridized carbons (Fsp3) is 0.667. The van der Waals surface area contributed by atoms with Gasteiger partial charge >= 0.3 is 5.97 Å². The summed E-state index contributed by atoms with van der Waals surface area (Å²) in [6, 6.07) is -0.474. The van der Waals surface area contributed by atoms with E-state index in [1.807, 2.05) is 34.6 Å². The summed E-state index contributed by atoms with van der Waals surface area (Å²) in [6.07, 6.45) is 1.49. The molecule has 0 unspecified atom stereocenters. The third kappa shape index (κ3) is 3.61. The maximum atomic E-state index is 12.7. The van der Waals surface area contributed by atoms with Crippen LogP contribution in [0.2, 0.25) is 0 Å². The number of hydrogen-bond donors (Lipinski definition) is 0. The van der Waals surface area contributed by atoms with E-state index in [9.17, 15) is 9.59 Å². The van der Waals surface area contributed by atoms with Crippen LogP contribution >= 0.6 is 11.3 Å². The van der Waals surface area contributed by atoms with E-state index in [-0.39, 0.29) is 11.9 Å². The third-order valence-corrected chi connectivity index (χ3v) is 4.35. The molecule has 1 aliphatic heterocycles. The minimum absolute atomic E-state index is 0.105.